The van der Waals surface area contributed by atoms with Crippen LogP contribution in [-0.4, -0.2) is 23.2 Å². The summed E-state index contributed by atoms with van der Waals surface area (Å²) >= 11 is 0. The number of rotatable bonds is 2. The van der Waals surface area contributed by atoms with Gasteiger partial charge in [-0.2, -0.15) is 0 Å². The summed E-state index contributed by atoms with van der Waals surface area (Å²) in [6.45, 7) is 4.51. The Morgan fingerprint density at radius 3 is 2.84 bits per heavy atom. The first-order chi connectivity index (χ1) is 9.29. The molecule has 19 heavy (non-hydrogen) atoms. The number of piperidine rings is 1. The molecule has 1 aromatic carbocycles. The zero-order chi connectivity index (χ0) is 13.2. The lowest BCUT2D eigenvalue weighted by Gasteiger charge is -2.32. The first-order valence-electron chi connectivity index (χ1n) is 7.02. The molecule has 2 aromatic rings. The van der Waals surface area contributed by atoms with Crippen LogP contribution in [-0.2, 0) is 6.61 Å². The Labute approximate surface area is 113 Å². The molecular weight excluding hydrogens is 236 g/mol. The van der Waals surface area contributed by atoms with Crippen LogP contribution >= 0.6 is 0 Å². The molecule has 0 radical (unpaired) electrons. The number of aliphatic hydroxyl groups excluding tert-OH is 1. The van der Waals surface area contributed by atoms with Crippen LogP contribution in [0.2, 0.25) is 0 Å². The monoisotopic (exact) mass is 256 g/mol. The van der Waals surface area contributed by atoms with Gasteiger partial charge < -0.3 is 10.0 Å². The van der Waals surface area contributed by atoms with Crippen LogP contribution in [0.15, 0.2) is 30.5 Å². The molecule has 0 amide bonds. The van der Waals surface area contributed by atoms with Crippen molar-refractivity contribution in [3.05, 3.63) is 36.0 Å². The Hall–Kier alpha value is -1.61. The minimum atomic E-state index is 0.0458. The maximum atomic E-state index is 9.43. The molecule has 0 bridgehead atoms. The maximum Gasteiger partial charge on any atom is 0.136 e. The quantitative estimate of drug-likeness (QED) is 0.897. The normalized spacial score (nSPS) is 19.9. The summed E-state index contributed by atoms with van der Waals surface area (Å²) in [5.41, 5.74) is 0.907. The SMILES string of the molecule is CC1CCCN(c2ncc(CO)c3ccccc23)C1. The van der Waals surface area contributed by atoms with E-state index in [0.717, 1.165) is 41.2 Å². The third-order valence-corrected chi connectivity index (χ3v) is 3.98. The van der Waals surface area contributed by atoms with Gasteiger partial charge in [0, 0.05) is 30.2 Å². The van der Waals surface area contributed by atoms with E-state index in [0.29, 0.717) is 0 Å². The number of hydrogen-bond acceptors (Lipinski definition) is 3. The minimum Gasteiger partial charge on any atom is -0.392 e. The molecular formula is C16H20N2O. The maximum absolute atomic E-state index is 9.43. The summed E-state index contributed by atoms with van der Waals surface area (Å²) < 4.78 is 0. The van der Waals surface area contributed by atoms with Gasteiger partial charge >= 0.3 is 0 Å². The Morgan fingerprint density at radius 1 is 1.32 bits per heavy atom. The largest absolute Gasteiger partial charge is 0.392 e. The average molecular weight is 256 g/mol. The molecule has 2 heterocycles. The Morgan fingerprint density at radius 2 is 2.11 bits per heavy atom. The van der Waals surface area contributed by atoms with Crippen molar-refractivity contribution in [2.45, 2.75) is 26.4 Å². The summed E-state index contributed by atoms with van der Waals surface area (Å²) in [5, 5.41) is 11.7. The second-order valence-electron chi connectivity index (χ2n) is 5.50. The number of hydrogen-bond donors (Lipinski definition) is 1. The van der Waals surface area contributed by atoms with Crippen LogP contribution in [0.4, 0.5) is 5.82 Å². The van der Waals surface area contributed by atoms with E-state index >= 15 is 0 Å². The Bertz CT molecular complexity index is 582. The number of aromatic nitrogens is 1. The van der Waals surface area contributed by atoms with E-state index in [4.69, 9.17) is 0 Å². The molecule has 1 unspecified atom stereocenters. The molecule has 1 aliphatic heterocycles. The van der Waals surface area contributed by atoms with Gasteiger partial charge in [0.15, 0.2) is 0 Å². The predicted molar refractivity (Wildman–Crippen MR) is 78.3 cm³/mol. The summed E-state index contributed by atoms with van der Waals surface area (Å²) in [6.07, 6.45) is 4.36. The molecule has 0 saturated carbocycles. The molecule has 100 valence electrons. The summed E-state index contributed by atoms with van der Waals surface area (Å²) in [5.74, 6) is 1.80. The van der Waals surface area contributed by atoms with E-state index in [1.807, 2.05) is 18.3 Å². The van der Waals surface area contributed by atoms with Crippen molar-refractivity contribution in [2.75, 3.05) is 18.0 Å². The van der Waals surface area contributed by atoms with Crippen LogP contribution in [0.5, 0.6) is 0 Å². The fourth-order valence-corrected chi connectivity index (χ4v) is 3.00. The molecule has 3 heteroatoms. The zero-order valence-electron chi connectivity index (χ0n) is 11.3. The topological polar surface area (TPSA) is 36.4 Å². The van der Waals surface area contributed by atoms with Crippen molar-refractivity contribution in [2.24, 2.45) is 5.92 Å². The number of fused-ring (bicyclic) bond motifs is 1. The highest BCUT2D eigenvalue weighted by Crippen LogP contribution is 2.30. The van der Waals surface area contributed by atoms with E-state index in [2.05, 4.69) is 28.9 Å². The molecule has 1 atom stereocenters. The van der Waals surface area contributed by atoms with E-state index in [1.165, 1.54) is 12.8 Å². The highest BCUT2D eigenvalue weighted by molar-refractivity contribution is 5.94. The second-order valence-corrected chi connectivity index (χ2v) is 5.50. The molecule has 1 aliphatic rings. The van der Waals surface area contributed by atoms with E-state index in [-0.39, 0.29) is 6.61 Å². The molecule has 3 rings (SSSR count). The highest BCUT2D eigenvalue weighted by atomic mass is 16.3. The lowest BCUT2D eigenvalue weighted by molar-refractivity contribution is 0.283. The summed E-state index contributed by atoms with van der Waals surface area (Å²) in [6, 6.07) is 8.24. The molecule has 3 nitrogen and oxygen atoms in total. The minimum absolute atomic E-state index is 0.0458. The van der Waals surface area contributed by atoms with Crippen LogP contribution in [0.3, 0.4) is 0 Å². The predicted octanol–water partition coefficient (Wildman–Crippen LogP) is 2.96. The highest BCUT2D eigenvalue weighted by Gasteiger charge is 2.19. The van der Waals surface area contributed by atoms with Gasteiger partial charge in [-0.15, -0.1) is 0 Å². The third kappa shape index (κ3) is 2.30. The van der Waals surface area contributed by atoms with Crippen molar-refractivity contribution in [1.29, 1.82) is 0 Å². The Kier molecular flexibility index (Phi) is 3.38. The molecule has 1 saturated heterocycles. The van der Waals surface area contributed by atoms with Crippen LogP contribution in [0.1, 0.15) is 25.3 Å². The number of aliphatic hydroxyl groups is 1. The standard InChI is InChI=1S/C16H20N2O/c1-12-5-4-8-18(10-12)16-15-7-3-2-6-14(15)13(11-19)9-17-16/h2-3,6-7,9,12,19H,4-5,8,10-11H2,1H3. The summed E-state index contributed by atoms with van der Waals surface area (Å²) in [7, 11) is 0. The van der Waals surface area contributed by atoms with Crippen molar-refractivity contribution < 1.29 is 5.11 Å². The molecule has 1 N–H and O–H groups in total. The van der Waals surface area contributed by atoms with Gasteiger partial charge in [-0.3, -0.25) is 0 Å². The summed E-state index contributed by atoms with van der Waals surface area (Å²) in [4.78, 5) is 6.99. The molecule has 1 aromatic heterocycles. The van der Waals surface area contributed by atoms with Gasteiger partial charge in [-0.05, 0) is 24.1 Å². The van der Waals surface area contributed by atoms with Gasteiger partial charge in [-0.25, -0.2) is 4.98 Å². The van der Waals surface area contributed by atoms with E-state index in [1.54, 1.807) is 0 Å². The fraction of sp³-hybridized carbons (Fsp3) is 0.438. The van der Waals surface area contributed by atoms with Gasteiger partial charge in [0.2, 0.25) is 0 Å². The number of pyridine rings is 1. The fourth-order valence-electron chi connectivity index (χ4n) is 3.00. The average Bonchev–Trinajstić information content (AvgIpc) is 2.46. The van der Waals surface area contributed by atoms with Gasteiger partial charge in [0.05, 0.1) is 6.61 Å². The molecule has 0 aliphatic carbocycles. The lowest BCUT2D eigenvalue weighted by Crippen LogP contribution is -2.34. The number of nitrogens with zero attached hydrogens (tertiary/aromatic N) is 2. The molecule has 1 fully saturated rings. The number of benzene rings is 1. The first kappa shape index (κ1) is 12.4. The van der Waals surface area contributed by atoms with Gasteiger partial charge in [0.25, 0.3) is 0 Å². The smallest absolute Gasteiger partial charge is 0.136 e. The van der Waals surface area contributed by atoms with Crippen molar-refractivity contribution in [3.8, 4) is 0 Å². The van der Waals surface area contributed by atoms with Crippen LogP contribution < -0.4 is 4.90 Å². The number of anilines is 1. The van der Waals surface area contributed by atoms with E-state index < -0.39 is 0 Å². The van der Waals surface area contributed by atoms with Crippen LogP contribution in [0.25, 0.3) is 10.8 Å². The van der Waals surface area contributed by atoms with Crippen molar-refractivity contribution >= 4 is 16.6 Å². The lowest BCUT2D eigenvalue weighted by atomic mass is 9.99. The van der Waals surface area contributed by atoms with Gasteiger partial charge in [0.1, 0.15) is 5.82 Å². The van der Waals surface area contributed by atoms with Gasteiger partial charge in [-0.1, -0.05) is 31.2 Å². The Balaban J connectivity index is 2.09. The third-order valence-electron chi connectivity index (χ3n) is 3.98. The van der Waals surface area contributed by atoms with Crippen LogP contribution in [0, 0.1) is 5.92 Å². The second kappa shape index (κ2) is 5.17. The van der Waals surface area contributed by atoms with Crippen molar-refractivity contribution in [1.82, 2.24) is 4.98 Å². The van der Waals surface area contributed by atoms with Crippen molar-refractivity contribution in [3.63, 3.8) is 0 Å². The first-order valence-corrected chi connectivity index (χ1v) is 7.02. The molecule has 0 spiro atoms. The van der Waals surface area contributed by atoms with E-state index in [9.17, 15) is 5.11 Å². The zero-order valence-corrected chi connectivity index (χ0v) is 11.3.